The summed E-state index contributed by atoms with van der Waals surface area (Å²) in [4.78, 5) is 9.36. The first-order valence-corrected chi connectivity index (χ1v) is 7.22. The van der Waals surface area contributed by atoms with Gasteiger partial charge >= 0.3 is 0 Å². The lowest BCUT2D eigenvalue weighted by Gasteiger charge is -2.28. The molecule has 0 bridgehead atoms. The topological polar surface area (TPSA) is 37.8 Å². The molecule has 0 spiro atoms. The second-order valence-electron chi connectivity index (χ2n) is 5.76. The average Bonchev–Trinajstić information content (AvgIpc) is 2.40. The van der Waals surface area contributed by atoms with Crippen molar-refractivity contribution in [3.05, 3.63) is 30.0 Å². The highest BCUT2D eigenvalue weighted by atomic mass is 15.0. The number of fused-ring (bicyclic) bond motifs is 1. The van der Waals surface area contributed by atoms with Crippen LogP contribution in [0, 0.1) is 12.8 Å². The number of aryl methyl sites for hydroxylation is 1. The number of anilines is 1. The molecule has 0 aliphatic heterocycles. The van der Waals surface area contributed by atoms with Gasteiger partial charge in [0, 0.05) is 6.04 Å². The Bertz CT molecular complexity index is 579. The Morgan fingerprint density at radius 2 is 1.84 bits per heavy atom. The lowest BCUT2D eigenvalue weighted by atomic mass is 9.87. The molecule has 1 aliphatic rings. The number of aromatic nitrogens is 2. The number of para-hydroxylation sites is 2. The van der Waals surface area contributed by atoms with Crippen molar-refractivity contribution >= 4 is 16.9 Å². The maximum absolute atomic E-state index is 4.72. The van der Waals surface area contributed by atoms with Crippen LogP contribution in [0.5, 0.6) is 0 Å². The molecular formula is C16H21N3. The van der Waals surface area contributed by atoms with E-state index in [1.54, 1.807) is 0 Å². The molecule has 3 rings (SSSR count). The van der Waals surface area contributed by atoms with Crippen molar-refractivity contribution in [2.24, 2.45) is 5.92 Å². The van der Waals surface area contributed by atoms with Gasteiger partial charge in [-0.1, -0.05) is 31.9 Å². The monoisotopic (exact) mass is 255 g/mol. The summed E-state index contributed by atoms with van der Waals surface area (Å²) in [5.41, 5.74) is 2.94. The maximum atomic E-state index is 4.72. The predicted octanol–water partition coefficient (Wildman–Crippen LogP) is 3.93. The largest absolute Gasteiger partial charge is 0.366 e. The van der Waals surface area contributed by atoms with Crippen LogP contribution < -0.4 is 5.32 Å². The van der Waals surface area contributed by atoms with Gasteiger partial charge in [0.25, 0.3) is 0 Å². The molecule has 0 saturated heterocycles. The zero-order chi connectivity index (χ0) is 13.2. The molecule has 1 aromatic heterocycles. The highest BCUT2D eigenvalue weighted by Gasteiger charge is 2.19. The smallest absolute Gasteiger partial charge is 0.148 e. The van der Waals surface area contributed by atoms with Gasteiger partial charge in [-0.2, -0.15) is 0 Å². The van der Waals surface area contributed by atoms with Gasteiger partial charge in [-0.15, -0.1) is 0 Å². The van der Waals surface area contributed by atoms with Crippen molar-refractivity contribution in [1.29, 1.82) is 0 Å². The van der Waals surface area contributed by atoms with Gasteiger partial charge < -0.3 is 5.32 Å². The number of hydrogen-bond donors (Lipinski definition) is 1. The van der Waals surface area contributed by atoms with Gasteiger partial charge in [-0.25, -0.2) is 9.97 Å². The van der Waals surface area contributed by atoms with Crippen LogP contribution in [0.2, 0.25) is 0 Å². The number of benzene rings is 1. The first-order valence-electron chi connectivity index (χ1n) is 7.22. The molecule has 1 heterocycles. The summed E-state index contributed by atoms with van der Waals surface area (Å²) in [6, 6.07) is 8.61. The van der Waals surface area contributed by atoms with Crippen molar-refractivity contribution < 1.29 is 0 Å². The molecule has 3 nitrogen and oxygen atoms in total. The van der Waals surface area contributed by atoms with E-state index in [1.165, 1.54) is 25.7 Å². The summed E-state index contributed by atoms with van der Waals surface area (Å²) >= 11 is 0. The molecule has 2 unspecified atom stereocenters. The third kappa shape index (κ3) is 2.70. The standard InChI is InChI=1S/C16H21N3/c1-11-6-5-7-13(10-11)18-16-12(2)17-14-8-3-4-9-15(14)19-16/h3-4,8-9,11,13H,5-7,10H2,1-2H3,(H,18,19). The second-order valence-corrected chi connectivity index (χ2v) is 5.76. The van der Waals surface area contributed by atoms with Crippen molar-refractivity contribution in [1.82, 2.24) is 9.97 Å². The van der Waals surface area contributed by atoms with E-state index in [0.717, 1.165) is 28.5 Å². The van der Waals surface area contributed by atoms with Gasteiger partial charge in [-0.05, 0) is 37.8 Å². The predicted molar refractivity (Wildman–Crippen MR) is 79.3 cm³/mol. The fraction of sp³-hybridized carbons (Fsp3) is 0.500. The van der Waals surface area contributed by atoms with Crippen molar-refractivity contribution in [2.75, 3.05) is 5.32 Å². The van der Waals surface area contributed by atoms with Crippen LogP contribution in [-0.4, -0.2) is 16.0 Å². The Morgan fingerprint density at radius 3 is 2.58 bits per heavy atom. The number of hydrogen-bond acceptors (Lipinski definition) is 3. The van der Waals surface area contributed by atoms with Crippen molar-refractivity contribution in [3.63, 3.8) is 0 Å². The summed E-state index contributed by atoms with van der Waals surface area (Å²) in [6.07, 6.45) is 5.17. The second kappa shape index (κ2) is 5.16. The van der Waals surface area contributed by atoms with E-state index in [-0.39, 0.29) is 0 Å². The van der Waals surface area contributed by atoms with E-state index in [4.69, 9.17) is 4.98 Å². The lowest BCUT2D eigenvalue weighted by Crippen LogP contribution is -2.27. The Morgan fingerprint density at radius 1 is 1.11 bits per heavy atom. The molecule has 1 aromatic carbocycles. The molecular weight excluding hydrogens is 234 g/mol. The van der Waals surface area contributed by atoms with Crippen LogP contribution in [0.3, 0.4) is 0 Å². The minimum atomic E-state index is 0.554. The van der Waals surface area contributed by atoms with E-state index >= 15 is 0 Å². The van der Waals surface area contributed by atoms with E-state index < -0.39 is 0 Å². The van der Waals surface area contributed by atoms with Crippen molar-refractivity contribution in [3.8, 4) is 0 Å². The molecule has 1 N–H and O–H groups in total. The highest BCUT2D eigenvalue weighted by molar-refractivity contribution is 5.76. The normalized spacial score (nSPS) is 23.5. The average molecular weight is 255 g/mol. The Kier molecular flexibility index (Phi) is 3.36. The first kappa shape index (κ1) is 12.4. The molecule has 2 atom stereocenters. The van der Waals surface area contributed by atoms with Gasteiger partial charge in [0.05, 0.1) is 16.7 Å². The molecule has 19 heavy (non-hydrogen) atoms. The van der Waals surface area contributed by atoms with Crippen LogP contribution in [-0.2, 0) is 0 Å². The van der Waals surface area contributed by atoms with Crippen LogP contribution in [0.15, 0.2) is 24.3 Å². The lowest BCUT2D eigenvalue weighted by molar-refractivity contribution is 0.358. The van der Waals surface area contributed by atoms with E-state index in [9.17, 15) is 0 Å². The molecule has 1 fully saturated rings. The molecule has 1 saturated carbocycles. The maximum Gasteiger partial charge on any atom is 0.148 e. The molecule has 100 valence electrons. The van der Waals surface area contributed by atoms with Gasteiger partial charge in [0.2, 0.25) is 0 Å². The van der Waals surface area contributed by atoms with E-state index in [0.29, 0.717) is 6.04 Å². The third-order valence-electron chi connectivity index (χ3n) is 4.02. The Hall–Kier alpha value is -1.64. The Labute approximate surface area is 114 Å². The molecule has 3 heteroatoms. The summed E-state index contributed by atoms with van der Waals surface area (Å²) in [7, 11) is 0. The fourth-order valence-electron chi connectivity index (χ4n) is 2.98. The Balaban J connectivity index is 1.85. The molecule has 1 aliphatic carbocycles. The van der Waals surface area contributed by atoms with Crippen LogP contribution in [0.25, 0.3) is 11.0 Å². The summed E-state index contributed by atoms with van der Waals surface area (Å²) in [5, 5.41) is 3.60. The summed E-state index contributed by atoms with van der Waals surface area (Å²) in [5.74, 6) is 1.78. The SMILES string of the molecule is Cc1nc2ccccc2nc1NC1CCCC(C)C1. The number of nitrogens with zero attached hydrogens (tertiary/aromatic N) is 2. The highest BCUT2D eigenvalue weighted by Crippen LogP contribution is 2.26. The van der Waals surface area contributed by atoms with Gasteiger partial charge in [0.15, 0.2) is 0 Å². The van der Waals surface area contributed by atoms with E-state index in [1.807, 2.05) is 31.2 Å². The number of rotatable bonds is 2. The summed E-state index contributed by atoms with van der Waals surface area (Å²) < 4.78 is 0. The molecule has 0 amide bonds. The zero-order valence-corrected chi connectivity index (χ0v) is 11.7. The van der Waals surface area contributed by atoms with Gasteiger partial charge in [-0.3, -0.25) is 0 Å². The van der Waals surface area contributed by atoms with Crippen LogP contribution in [0.1, 0.15) is 38.3 Å². The minimum Gasteiger partial charge on any atom is -0.366 e. The zero-order valence-electron chi connectivity index (χ0n) is 11.7. The van der Waals surface area contributed by atoms with Crippen LogP contribution in [0.4, 0.5) is 5.82 Å². The molecule has 2 aromatic rings. The fourth-order valence-corrected chi connectivity index (χ4v) is 2.98. The van der Waals surface area contributed by atoms with E-state index in [2.05, 4.69) is 17.2 Å². The number of nitrogens with one attached hydrogen (secondary N) is 1. The minimum absolute atomic E-state index is 0.554. The molecule has 0 radical (unpaired) electrons. The third-order valence-corrected chi connectivity index (χ3v) is 4.02. The quantitative estimate of drug-likeness (QED) is 0.883. The van der Waals surface area contributed by atoms with Crippen molar-refractivity contribution in [2.45, 2.75) is 45.6 Å². The summed E-state index contributed by atoms with van der Waals surface area (Å²) in [6.45, 7) is 4.38. The first-order chi connectivity index (χ1) is 9.22. The van der Waals surface area contributed by atoms with Crippen LogP contribution >= 0.6 is 0 Å². The van der Waals surface area contributed by atoms with Gasteiger partial charge in [0.1, 0.15) is 5.82 Å².